The molecule has 182 valence electrons. The molecule has 0 radical (unpaired) electrons. The molecule has 1 unspecified atom stereocenters. The molecule has 1 spiro atoms. The van der Waals surface area contributed by atoms with E-state index in [0.29, 0.717) is 59.2 Å². The highest BCUT2D eigenvalue weighted by Crippen LogP contribution is 2.52. The van der Waals surface area contributed by atoms with Crippen LogP contribution in [-0.4, -0.2) is 30.6 Å². The van der Waals surface area contributed by atoms with Crippen molar-refractivity contribution in [2.75, 3.05) is 19.8 Å². The molecule has 0 amide bonds. The van der Waals surface area contributed by atoms with E-state index in [4.69, 9.17) is 24.9 Å². The van der Waals surface area contributed by atoms with Crippen molar-refractivity contribution in [2.45, 2.75) is 32.7 Å². The molecule has 2 aliphatic rings. The molecule has 0 fully saturated rings. The Labute approximate surface area is 202 Å². The number of aromatic nitrogens is 1. The van der Waals surface area contributed by atoms with Gasteiger partial charge in [-0.25, -0.2) is 9.37 Å². The third-order valence-corrected chi connectivity index (χ3v) is 5.99. The number of halogens is 2. The van der Waals surface area contributed by atoms with Gasteiger partial charge in [-0.1, -0.05) is 26.8 Å². The predicted molar refractivity (Wildman–Crippen MR) is 129 cm³/mol. The van der Waals surface area contributed by atoms with Gasteiger partial charge in [0.05, 0.1) is 25.7 Å². The Morgan fingerprint density at radius 1 is 1.11 bits per heavy atom. The highest BCUT2D eigenvalue weighted by Gasteiger charge is 2.45. The van der Waals surface area contributed by atoms with E-state index in [9.17, 15) is 4.39 Å². The standard InChI is InChI=1S/C27H27F2N3O3/c1-26(2,3)14-34-17-12-20-24(21(28)13-17)35-22-7-6-16(18-5-4-9-31-25(18)29)11-19(22)27(20)15-33-10-8-23(30)32-27/h4-7,9,11-13H,8,10,14-15H2,1-3H3,(H2,30,32). The minimum atomic E-state index is -1.19. The maximum absolute atomic E-state index is 15.4. The highest BCUT2D eigenvalue weighted by molar-refractivity contribution is 5.82. The zero-order valence-corrected chi connectivity index (χ0v) is 19.9. The van der Waals surface area contributed by atoms with Crippen LogP contribution >= 0.6 is 0 Å². The summed E-state index contributed by atoms with van der Waals surface area (Å²) in [6, 6.07) is 11.5. The summed E-state index contributed by atoms with van der Waals surface area (Å²) in [5.41, 5.74) is 6.90. The molecule has 0 saturated heterocycles. The van der Waals surface area contributed by atoms with Crippen molar-refractivity contribution in [3.63, 3.8) is 0 Å². The summed E-state index contributed by atoms with van der Waals surface area (Å²) in [7, 11) is 0. The number of ether oxygens (including phenoxy) is 3. The van der Waals surface area contributed by atoms with Gasteiger partial charge < -0.3 is 19.9 Å². The van der Waals surface area contributed by atoms with Gasteiger partial charge in [-0.05, 0) is 41.3 Å². The molecule has 0 saturated carbocycles. The Bertz CT molecular complexity index is 1320. The topological polar surface area (TPSA) is 79.0 Å². The first kappa shape index (κ1) is 23.2. The van der Waals surface area contributed by atoms with Crippen LogP contribution in [0.2, 0.25) is 0 Å². The Morgan fingerprint density at radius 2 is 1.94 bits per heavy atom. The molecule has 6 nitrogen and oxygen atoms in total. The van der Waals surface area contributed by atoms with E-state index in [2.05, 4.69) is 4.98 Å². The minimum absolute atomic E-state index is 0.0444. The number of hydrogen-bond acceptors (Lipinski definition) is 6. The zero-order chi connectivity index (χ0) is 24.8. The smallest absolute Gasteiger partial charge is 0.220 e. The molecule has 5 rings (SSSR count). The van der Waals surface area contributed by atoms with Crippen molar-refractivity contribution in [3.05, 3.63) is 71.6 Å². The van der Waals surface area contributed by atoms with Gasteiger partial charge in [0, 0.05) is 35.4 Å². The fraction of sp³-hybridized carbons (Fsp3) is 0.333. The molecule has 3 heterocycles. The number of pyridine rings is 1. The fourth-order valence-corrected chi connectivity index (χ4v) is 4.33. The summed E-state index contributed by atoms with van der Waals surface area (Å²) < 4.78 is 47.8. The van der Waals surface area contributed by atoms with Crippen LogP contribution in [0.15, 0.2) is 53.7 Å². The Hall–Kier alpha value is -3.52. The van der Waals surface area contributed by atoms with Gasteiger partial charge >= 0.3 is 0 Å². The number of nitrogens with two attached hydrogens (primary N) is 1. The number of rotatable bonds is 3. The van der Waals surface area contributed by atoms with E-state index in [-0.39, 0.29) is 17.8 Å². The lowest BCUT2D eigenvalue weighted by Crippen LogP contribution is -2.35. The lowest BCUT2D eigenvalue weighted by molar-refractivity contribution is 0.106. The summed E-state index contributed by atoms with van der Waals surface area (Å²) in [5, 5.41) is 0. The quantitative estimate of drug-likeness (QED) is 0.496. The minimum Gasteiger partial charge on any atom is -0.493 e. The van der Waals surface area contributed by atoms with Crippen molar-refractivity contribution in [3.8, 4) is 28.4 Å². The average molecular weight is 480 g/mol. The monoisotopic (exact) mass is 479 g/mol. The van der Waals surface area contributed by atoms with E-state index < -0.39 is 17.3 Å². The zero-order valence-electron chi connectivity index (χ0n) is 19.9. The number of amidine groups is 1. The van der Waals surface area contributed by atoms with E-state index in [0.717, 1.165) is 0 Å². The molecule has 2 aromatic carbocycles. The fourth-order valence-electron chi connectivity index (χ4n) is 4.33. The SMILES string of the molecule is CC(C)(C)COc1cc(F)c2c(c1)C1(COCCC(N)=N1)c1cc(-c3cccnc3F)ccc1O2. The molecule has 35 heavy (non-hydrogen) atoms. The van der Waals surface area contributed by atoms with Crippen molar-refractivity contribution < 1.29 is 23.0 Å². The van der Waals surface area contributed by atoms with E-state index in [1.54, 1.807) is 36.4 Å². The van der Waals surface area contributed by atoms with E-state index >= 15 is 4.39 Å². The summed E-state index contributed by atoms with van der Waals surface area (Å²) in [5.74, 6) is 0.00749. The second-order valence-corrected chi connectivity index (χ2v) is 10.1. The first-order valence-corrected chi connectivity index (χ1v) is 11.5. The van der Waals surface area contributed by atoms with Crippen molar-refractivity contribution >= 4 is 5.84 Å². The molecular weight excluding hydrogens is 452 g/mol. The first-order valence-electron chi connectivity index (χ1n) is 11.5. The molecule has 0 aliphatic carbocycles. The second kappa shape index (κ2) is 8.61. The second-order valence-electron chi connectivity index (χ2n) is 10.1. The lowest BCUT2D eigenvalue weighted by atomic mass is 9.79. The largest absolute Gasteiger partial charge is 0.493 e. The van der Waals surface area contributed by atoms with E-state index in [1.807, 2.05) is 20.8 Å². The number of fused-ring (bicyclic) bond motifs is 4. The molecule has 3 aromatic rings. The number of benzene rings is 2. The van der Waals surface area contributed by atoms with Crippen LogP contribution in [0, 0.1) is 17.2 Å². The molecule has 1 aromatic heterocycles. The Balaban J connectivity index is 1.72. The number of hydrogen-bond donors (Lipinski definition) is 1. The Kier molecular flexibility index (Phi) is 5.71. The summed E-state index contributed by atoms with van der Waals surface area (Å²) in [6.45, 7) is 6.98. The maximum Gasteiger partial charge on any atom is 0.220 e. The molecule has 0 bridgehead atoms. The lowest BCUT2D eigenvalue weighted by Gasteiger charge is -2.37. The van der Waals surface area contributed by atoms with Crippen molar-refractivity contribution in [1.82, 2.24) is 4.98 Å². The Morgan fingerprint density at radius 3 is 2.71 bits per heavy atom. The summed E-state index contributed by atoms with van der Waals surface area (Å²) in [4.78, 5) is 8.62. The van der Waals surface area contributed by atoms with Crippen LogP contribution in [0.3, 0.4) is 0 Å². The van der Waals surface area contributed by atoms with Gasteiger partial charge in [-0.3, -0.25) is 4.99 Å². The van der Waals surface area contributed by atoms with Gasteiger partial charge in [0.1, 0.15) is 17.0 Å². The van der Waals surface area contributed by atoms with E-state index in [1.165, 1.54) is 12.3 Å². The van der Waals surface area contributed by atoms with Crippen LogP contribution in [0.25, 0.3) is 11.1 Å². The van der Waals surface area contributed by atoms with Crippen LogP contribution in [-0.2, 0) is 10.3 Å². The normalized spacial score (nSPS) is 19.3. The third-order valence-electron chi connectivity index (χ3n) is 5.99. The molecular formula is C27H27F2N3O3. The molecule has 2 aliphatic heterocycles. The molecule has 2 N–H and O–H groups in total. The van der Waals surface area contributed by atoms with Gasteiger partial charge in [0.2, 0.25) is 5.95 Å². The summed E-state index contributed by atoms with van der Waals surface area (Å²) in [6.07, 6.45) is 1.83. The van der Waals surface area contributed by atoms with Gasteiger partial charge in [-0.2, -0.15) is 4.39 Å². The summed E-state index contributed by atoms with van der Waals surface area (Å²) >= 11 is 0. The number of nitrogens with zero attached hydrogens (tertiary/aromatic N) is 2. The van der Waals surface area contributed by atoms with Crippen molar-refractivity contribution in [2.24, 2.45) is 16.1 Å². The first-order chi connectivity index (χ1) is 16.7. The molecule has 1 atom stereocenters. The third kappa shape index (κ3) is 4.34. The van der Waals surface area contributed by atoms with Gasteiger partial charge in [-0.15, -0.1) is 0 Å². The van der Waals surface area contributed by atoms with Crippen molar-refractivity contribution in [1.29, 1.82) is 0 Å². The highest BCUT2D eigenvalue weighted by atomic mass is 19.1. The average Bonchev–Trinajstić information content (AvgIpc) is 3.00. The van der Waals surface area contributed by atoms with Gasteiger partial charge in [0.15, 0.2) is 11.6 Å². The maximum atomic E-state index is 15.4. The van der Waals surface area contributed by atoms with Crippen LogP contribution in [0.5, 0.6) is 17.2 Å². The van der Waals surface area contributed by atoms with Crippen LogP contribution in [0.1, 0.15) is 38.3 Å². The van der Waals surface area contributed by atoms with Gasteiger partial charge in [0.25, 0.3) is 0 Å². The predicted octanol–water partition coefficient (Wildman–Crippen LogP) is 5.58. The van der Waals surface area contributed by atoms with Crippen LogP contribution in [0.4, 0.5) is 8.78 Å². The van der Waals surface area contributed by atoms with Crippen LogP contribution < -0.4 is 15.2 Å². The molecule has 8 heteroatoms. The number of aliphatic imine (C=N–C) groups is 1.